The van der Waals surface area contributed by atoms with Crippen molar-refractivity contribution in [2.75, 3.05) is 18.6 Å². The molecule has 228 valence electrons. The molecule has 1 atom stereocenters. The number of thioether (sulfide) groups is 1. The molecule has 0 saturated carbocycles. The number of ether oxygens (including phenoxy) is 2. The fraction of sp³-hybridized carbons (Fsp3) is 0.294. The summed E-state index contributed by atoms with van der Waals surface area (Å²) in [5.41, 5.74) is 4.29. The first-order valence-electron chi connectivity index (χ1n) is 14.4. The van der Waals surface area contributed by atoms with Gasteiger partial charge in [-0.25, -0.2) is 0 Å². The van der Waals surface area contributed by atoms with Gasteiger partial charge in [0.2, 0.25) is 5.13 Å². The lowest BCUT2D eigenvalue weighted by Gasteiger charge is -2.23. The molecule has 0 bridgehead atoms. The van der Waals surface area contributed by atoms with Gasteiger partial charge in [0, 0.05) is 11.3 Å². The number of carbonyl (C=O) groups is 2. The predicted molar refractivity (Wildman–Crippen MR) is 175 cm³/mol. The molecule has 1 aliphatic rings. The van der Waals surface area contributed by atoms with Crippen LogP contribution in [-0.4, -0.2) is 40.7 Å². The van der Waals surface area contributed by atoms with Crippen LogP contribution in [-0.2, 0) is 15.3 Å². The van der Waals surface area contributed by atoms with Gasteiger partial charge in [0.1, 0.15) is 5.76 Å². The van der Waals surface area contributed by atoms with Crippen molar-refractivity contribution in [2.24, 2.45) is 5.92 Å². The SMILES string of the molecule is COc1cc(C2/C(=C(/O)c3ccc(C)cc3)C(=O)C(=O)N2c2nnc(SCc3ccc(C)cc3)s2)ccc1OCCC(C)C. The Kier molecular flexibility index (Phi) is 9.71. The summed E-state index contributed by atoms with van der Waals surface area (Å²) in [4.78, 5) is 28.6. The summed E-state index contributed by atoms with van der Waals surface area (Å²) in [6.45, 7) is 8.75. The molecule has 1 aromatic heterocycles. The van der Waals surface area contributed by atoms with Crippen LogP contribution in [0.15, 0.2) is 76.6 Å². The highest BCUT2D eigenvalue weighted by molar-refractivity contribution is 8.00. The van der Waals surface area contributed by atoms with Gasteiger partial charge in [-0.15, -0.1) is 10.2 Å². The molecule has 5 rings (SSSR count). The van der Waals surface area contributed by atoms with Crippen molar-refractivity contribution >= 4 is 45.7 Å². The molecule has 1 N–H and O–H groups in total. The van der Waals surface area contributed by atoms with Crippen LogP contribution in [0.25, 0.3) is 5.76 Å². The zero-order valence-corrected chi connectivity index (χ0v) is 27.0. The monoisotopic (exact) mass is 629 g/mol. The first-order valence-corrected chi connectivity index (χ1v) is 16.2. The van der Waals surface area contributed by atoms with Gasteiger partial charge in [-0.2, -0.15) is 0 Å². The van der Waals surface area contributed by atoms with E-state index in [9.17, 15) is 14.7 Å². The van der Waals surface area contributed by atoms with Crippen molar-refractivity contribution < 1.29 is 24.2 Å². The highest BCUT2D eigenvalue weighted by Crippen LogP contribution is 2.45. The molecule has 1 fully saturated rings. The number of aliphatic hydroxyl groups is 1. The van der Waals surface area contributed by atoms with Gasteiger partial charge in [-0.05, 0) is 49.4 Å². The van der Waals surface area contributed by atoms with E-state index >= 15 is 0 Å². The van der Waals surface area contributed by atoms with Crippen LogP contribution in [0.4, 0.5) is 5.13 Å². The van der Waals surface area contributed by atoms with Gasteiger partial charge in [-0.3, -0.25) is 14.5 Å². The third kappa shape index (κ3) is 6.81. The van der Waals surface area contributed by atoms with Crippen molar-refractivity contribution in [1.82, 2.24) is 10.2 Å². The number of aromatic nitrogens is 2. The van der Waals surface area contributed by atoms with E-state index in [0.29, 0.717) is 45.2 Å². The molecule has 0 aliphatic carbocycles. The Morgan fingerprint density at radius 3 is 2.32 bits per heavy atom. The number of Topliss-reactive ketones (excluding diaryl/α,β-unsaturated/α-hetero) is 1. The summed E-state index contributed by atoms with van der Waals surface area (Å²) < 4.78 is 12.3. The molecule has 44 heavy (non-hydrogen) atoms. The van der Waals surface area contributed by atoms with Crippen LogP contribution in [0, 0.1) is 19.8 Å². The molecular weight excluding hydrogens is 595 g/mol. The minimum absolute atomic E-state index is 0.0292. The molecule has 0 radical (unpaired) electrons. The average molecular weight is 630 g/mol. The van der Waals surface area contributed by atoms with Crippen LogP contribution in [0.2, 0.25) is 0 Å². The predicted octanol–water partition coefficient (Wildman–Crippen LogP) is 7.51. The second-order valence-electron chi connectivity index (χ2n) is 11.1. The first kappa shape index (κ1) is 31.3. The van der Waals surface area contributed by atoms with Crippen molar-refractivity contribution in [3.63, 3.8) is 0 Å². The smallest absolute Gasteiger partial charge is 0.301 e. The molecule has 1 saturated heterocycles. The van der Waals surface area contributed by atoms with Crippen LogP contribution in [0.5, 0.6) is 11.5 Å². The van der Waals surface area contributed by atoms with Gasteiger partial charge in [0.25, 0.3) is 5.78 Å². The number of aliphatic hydroxyl groups excluding tert-OH is 1. The Bertz CT molecular complexity index is 1680. The molecular formula is C34H35N3O5S2. The molecule has 1 unspecified atom stereocenters. The molecule has 2 heterocycles. The van der Waals surface area contributed by atoms with Crippen molar-refractivity contribution in [1.29, 1.82) is 0 Å². The zero-order valence-electron chi connectivity index (χ0n) is 25.4. The van der Waals surface area contributed by atoms with E-state index in [1.54, 1.807) is 37.4 Å². The fourth-order valence-corrected chi connectivity index (χ4v) is 6.60. The van der Waals surface area contributed by atoms with E-state index < -0.39 is 17.7 Å². The fourth-order valence-electron chi connectivity index (χ4n) is 4.78. The minimum atomic E-state index is -0.960. The highest BCUT2D eigenvalue weighted by Gasteiger charge is 2.48. The van der Waals surface area contributed by atoms with Crippen molar-refractivity contribution in [3.05, 3.63) is 100 Å². The maximum absolute atomic E-state index is 13.6. The number of nitrogens with zero attached hydrogens (tertiary/aromatic N) is 3. The topological polar surface area (TPSA) is 102 Å². The molecule has 3 aromatic carbocycles. The van der Waals surface area contributed by atoms with Crippen molar-refractivity contribution in [3.8, 4) is 11.5 Å². The van der Waals surface area contributed by atoms with Crippen molar-refractivity contribution in [2.45, 2.75) is 50.3 Å². The van der Waals surface area contributed by atoms with E-state index in [4.69, 9.17) is 9.47 Å². The standard InChI is InChI=1S/C34H35N3O5S2/c1-20(2)16-17-42-26-15-14-25(18-27(26)41-5)29-28(30(38)24-12-8-22(4)9-13-24)31(39)32(40)37(29)33-35-36-34(44-33)43-19-23-10-6-21(3)7-11-23/h6-15,18,20,29,38H,16-17,19H2,1-5H3/b30-28-. The number of benzene rings is 3. The number of amides is 1. The van der Waals surface area contributed by atoms with E-state index in [0.717, 1.165) is 17.5 Å². The normalized spacial score (nSPS) is 16.1. The Hall–Kier alpha value is -4.15. The molecule has 0 spiro atoms. The number of rotatable bonds is 11. The second-order valence-corrected chi connectivity index (χ2v) is 13.3. The third-order valence-corrected chi connectivity index (χ3v) is 9.44. The summed E-state index contributed by atoms with van der Waals surface area (Å²) >= 11 is 2.73. The van der Waals surface area contributed by atoms with Crippen LogP contribution >= 0.6 is 23.1 Å². The summed E-state index contributed by atoms with van der Waals surface area (Å²) in [7, 11) is 1.54. The van der Waals surface area contributed by atoms with Crippen LogP contribution < -0.4 is 14.4 Å². The number of ketones is 1. The number of hydrogen-bond donors (Lipinski definition) is 1. The number of aryl methyl sites for hydroxylation is 2. The van der Waals surface area contributed by atoms with Gasteiger partial charge in [0.05, 0.1) is 25.3 Å². The van der Waals surface area contributed by atoms with Gasteiger partial charge in [0.15, 0.2) is 15.8 Å². The van der Waals surface area contributed by atoms with Gasteiger partial charge >= 0.3 is 5.91 Å². The molecule has 4 aromatic rings. The van der Waals surface area contributed by atoms with E-state index in [2.05, 4.69) is 48.3 Å². The van der Waals surface area contributed by atoms with Gasteiger partial charge in [-0.1, -0.05) is 103 Å². The number of anilines is 1. The largest absolute Gasteiger partial charge is 0.507 e. The maximum atomic E-state index is 13.6. The molecule has 1 aliphatic heterocycles. The lowest BCUT2D eigenvalue weighted by atomic mass is 9.95. The maximum Gasteiger partial charge on any atom is 0.301 e. The average Bonchev–Trinajstić information content (AvgIpc) is 3.58. The van der Waals surface area contributed by atoms with Crippen LogP contribution in [0.1, 0.15) is 54.1 Å². The van der Waals surface area contributed by atoms with E-state index in [1.807, 2.05) is 26.0 Å². The Morgan fingerprint density at radius 1 is 0.977 bits per heavy atom. The summed E-state index contributed by atoms with van der Waals surface area (Å²) in [6.07, 6.45) is 0.878. The quantitative estimate of drug-likeness (QED) is 0.0598. The lowest BCUT2D eigenvalue weighted by Crippen LogP contribution is -2.29. The molecule has 10 heteroatoms. The first-order chi connectivity index (χ1) is 21.2. The number of carbonyl (C=O) groups excluding carboxylic acids is 2. The Labute approximate surface area is 265 Å². The van der Waals surface area contributed by atoms with Crippen LogP contribution in [0.3, 0.4) is 0 Å². The molecule has 8 nitrogen and oxygen atoms in total. The zero-order chi connectivity index (χ0) is 31.4. The van der Waals surface area contributed by atoms with E-state index in [1.165, 1.54) is 33.6 Å². The second kappa shape index (κ2) is 13.7. The Morgan fingerprint density at radius 2 is 1.66 bits per heavy atom. The number of methoxy groups -OCH3 is 1. The highest BCUT2D eigenvalue weighted by atomic mass is 32.2. The molecule has 1 amide bonds. The summed E-state index contributed by atoms with van der Waals surface area (Å²) in [5.74, 6) is 0.329. The Balaban J connectivity index is 1.54. The van der Waals surface area contributed by atoms with Gasteiger partial charge < -0.3 is 14.6 Å². The summed E-state index contributed by atoms with van der Waals surface area (Å²) in [6, 6.07) is 19.7. The summed E-state index contributed by atoms with van der Waals surface area (Å²) in [5, 5.41) is 20.4. The minimum Gasteiger partial charge on any atom is -0.507 e. The lowest BCUT2D eigenvalue weighted by molar-refractivity contribution is -0.132. The van der Waals surface area contributed by atoms with E-state index in [-0.39, 0.29) is 16.5 Å². The number of hydrogen-bond acceptors (Lipinski definition) is 9. The third-order valence-electron chi connectivity index (χ3n) is 7.31.